The summed E-state index contributed by atoms with van der Waals surface area (Å²) in [6.45, 7) is 0.849. The Morgan fingerprint density at radius 3 is 2.87 bits per heavy atom. The number of aromatic nitrogens is 3. The van der Waals surface area contributed by atoms with Crippen LogP contribution in [0.5, 0.6) is 0 Å². The second kappa shape index (κ2) is 10.0. The molecule has 0 radical (unpaired) electrons. The Morgan fingerprint density at radius 2 is 2.13 bits per heavy atom. The van der Waals surface area contributed by atoms with Crippen LogP contribution in [0.4, 0.5) is 0 Å². The lowest BCUT2D eigenvalue weighted by Gasteiger charge is -2.12. The van der Waals surface area contributed by atoms with E-state index in [1.165, 1.54) is 5.56 Å². The fourth-order valence-electron chi connectivity index (χ4n) is 1.70. The van der Waals surface area contributed by atoms with Crippen LogP contribution in [0.15, 0.2) is 35.7 Å². The predicted molar refractivity (Wildman–Crippen MR) is 104 cm³/mol. The van der Waals surface area contributed by atoms with E-state index in [1.807, 2.05) is 36.0 Å². The number of benzene rings is 1. The number of halogens is 1. The molecule has 0 fully saturated rings. The maximum absolute atomic E-state index is 5.89. The highest BCUT2D eigenvalue weighted by molar-refractivity contribution is 7.98. The molecule has 23 heavy (non-hydrogen) atoms. The molecule has 124 valence electrons. The molecule has 2 aromatic rings. The highest BCUT2D eigenvalue weighted by atomic mass is 35.5. The van der Waals surface area contributed by atoms with Gasteiger partial charge in [-0.2, -0.15) is 11.8 Å². The predicted octanol–water partition coefficient (Wildman–Crippen LogP) is 3.39. The summed E-state index contributed by atoms with van der Waals surface area (Å²) in [5.74, 6) is 1.90. The third kappa shape index (κ3) is 6.58. The van der Waals surface area contributed by atoms with E-state index in [9.17, 15) is 0 Å². The molecule has 2 rings (SSSR count). The fraction of sp³-hybridized carbons (Fsp3) is 0.357. The van der Waals surface area contributed by atoms with Crippen molar-refractivity contribution in [1.29, 1.82) is 0 Å². The molecule has 9 heteroatoms. The van der Waals surface area contributed by atoms with Gasteiger partial charge >= 0.3 is 0 Å². The zero-order valence-electron chi connectivity index (χ0n) is 12.7. The van der Waals surface area contributed by atoms with Crippen molar-refractivity contribution in [2.24, 2.45) is 0 Å². The van der Waals surface area contributed by atoms with Crippen LogP contribution in [0.25, 0.3) is 0 Å². The SMILES string of the molecule is CSCCCNC(=S)Nn1cnnc1SCc1ccc(Cl)cc1. The van der Waals surface area contributed by atoms with Crippen LogP contribution < -0.4 is 10.7 Å². The summed E-state index contributed by atoms with van der Waals surface area (Å²) in [6, 6.07) is 7.77. The van der Waals surface area contributed by atoms with Crippen molar-refractivity contribution in [2.75, 3.05) is 24.0 Å². The summed E-state index contributed by atoms with van der Waals surface area (Å²) in [6.07, 6.45) is 4.78. The van der Waals surface area contributed by atoms with Crippen LogP contribution >= 0.6 is 47.3 Å². The van der Waals surface area contributed by atoms with Gasteiger partial charge in [0.1, 0.15) is 6.33 Å². The van der Waals surface area contributed by atoms with Crippen molar-refractivity contribution in [3.05, 3.63) is 41.2 Å². The van der Waals surface area contributed by atoms with E-state index >= 15 is 0 Å². The van der Waals surface area contributed by atoms with Gasteiger partial charge in [-0.1, -0.05) is 35.5 Å². The Labute approximate surface area is 154 Å². The van der Waals surface area contributed by atoms with E-state index in [-0.39, 0.29) is 0 Å². The number of hydrogen-bond donors (Lipinski definition) is 2. The van der Waals surface area contributed by atoms with Gasteiger partial charge in [-0.25, -0.2) is 4.68 Å². The van der Waals surface area contributed by atoms with Gasteiger partial charge in [0, 0.05) is 17.3 Å². The van der Waals surface area contributed by atoms with Crippen molar-refractivity contribution in [2.45, 2.75) is 17.3 Å². The first-order valence-corrected chi connectivity index (χ1v) is 10.2. The van der Waals surface area contributed by atoms with Gasteiger partial charge in [0.05, 0.1) is 0 Å². The maximum atomic E-state index is 5.89. The number of hydrogen-bond acceptors (Lipinski definition) is 5. The molecule has 0 saturated carbocycles. The van der Waals surface area contributed by atoms with E-state index in [0.717, 1.165) is 34.7 Å². The zero-order chi connectivity index (χ0) is 16.5. The lowest BCUT2D eigenvalue weighted by Crippen LogP contribution is -2.34. The van der Waals surface area contributed by atoms with Gasteiger partial charge in [-0.05, 0) is 48.3 Å². The van der Waals surface area contributed by atoms with Gasteiger partial charge in [-0.3, -0.25) is 5.43 Å². The lowest BCUT2D eigenvalue weighted by molar-refractivity contribution is 0.799. The topological polar surface area (TPSA) is 54.8 Å². The molecule has 0 aliphatic heterocycles. The van der Waals surface area contributed by atoms with E-state index in [4.69, 9.17) is 23.8 Å². The molecule has 1 heterocycles. The van der Waals surface area contributed by atoms with Gasteiger partial charge < -0.3 is 5.32 Å². The summed E-state index contributed by atoms with van der Waals surface area (Å²) in [4.78, 5) is 0. The zero-order valence-corrected chi connectivity index (χ0v) is 15.9. The Balaban J connectivity index is 1.81. The normalized spacial score (nSPS) is 10.5. The second-order valence-electron chi connectivity index (χ2n) is 4.61. The summed E-state index contributed by atoms with van der Waals surface area (Å²) >= 11 is 14.6. The van der Waals surface area contributed by atoms with Gasteiger partial charge in [0.2, 0.25) is 5.16 Å². The molecule has 1 aromatic heterocycles. The summed E-state index contributed by atoms with van der Waals surface area (Å²) in [7, 11) is 0. The monoisotopic (exact) mass is 387 g/mol. The van der Waals surface area contributed by atoms with Crippen molar-refractivity contribution in [1.82, 2.24) is 20.2 Å². The average molecular weight is 388 g/mol. The number of rotatable bonds is 8. The molecule has 0 atom stereocenters. The largest absolute Gasteiger partial charge is 0.361 e. The number of nitrogens with zero attached hydrogens (tertiary/aromatic N) is 3. The second-order valence-corrected chi connectivity index (χ2v) is 7.39. The highest BCUT2D eigenvalue weighted by Crippen LogP contribution is 2.21. The number of thiocarbonyl (C=S) groups is 1. The van der Waals surface area contributed by atoms with E-state index in [0.29, 0.717) is 5.11 Å². The van der Waals surface area contributed by atoms with Crippen LogP contribution in [0.2, 0.25) is 5.02 Å². The Hall–Kier alpha value is -0.960. The summed E-state index contributed by atoms with van der Waals surface area (Å²) in [5, 5.41) is 13.3. The first-order valence-electron chi connectivity index (χ1n) is 7.00. The maximum Gasteiger partial charge on any atom is 0.210 e. The molecule has 0 aliphatic rings. The minimum Gasteiger partial charge on any atom is -0.361 e. The number of nitrogens with one attached hydrogen (secondary N) is 2. The number of thioether (sulfide) groups is 2. The average Bonchev–Trinajstić information content (AvgIpc) is 2.98. The van der Waals surface area contributed by atoms with Crippen molar-refractivity contribution in [3.8, 4) is 0 Å². The summed E-state index contributed by atoms with van der Waals surface area (Å²) in [5.41, 5.74) is 4.25. The fourth-order valence-corrected chi connectivity index (χ4v) is 3.28. The van der Waals surface area contributed by atoms with E-state index in [2.05, 4.69) is 27.2 Å². The Morgan fingerprint density at radius 1 is 1.35 bits per heavy atom. The molecule has 0 aliphatic carbocycles. The van der Waals surface area contributed by atoms with Crippen LogP contribution in [0.1, 0.15) is 12.0 Å². The molecular weight excluding hydrogens is 370 g/mol. The lowest BCUT2D eigenvalue weighted by atomic mass is 10.2. The standard InChI is InChI=1S/C14H18ClN5S3/c1-22-8-2-7-16-13(21)19-20-10-17-18-14(20)23-9-11-3-5-12(15)6-4-11/h3-6,10H,2,7-9H2,1H3,(H2,16,19,21). The first kappa shape index (κ1) is 18.4. The van der Waals surface area contributed by atoms with Gasteiger partial charge in [0.25, 0.3) is 0 Å². The van der Waals surface area contributed by atoms with E-state index < -0.39 is 0 Å². The summed E-state index contributed by atoms with van der Waals surface area (Å²) < 4.78 is 1.73. The van der Waals surface area contributed by atoms with Crippen LogP contribution in [0.3, 0.4) is 0 Å². The minimum atomic E-state index is 0.569. The quantitative estimate of drug-likeness (QED) is 0.409. The third-order valence-corrected chi connectivity index (χ3v) is 5.03. The highest BCUT2D eigenvalue weighted by Gasteiger charge is 2.07. The van der Waals surface area contributed by atoms with Crippen molar-refractivity contribution in [3.63, 3.8) is 0 Å². The van der Waals surface area contributed by atoms with Crippen molar-refractivity contribution < 1.29 is 0 Å². The van der Waals surface area contributed by atoms with Gasteiger partial charge in [-0.15, -0.1) is 10.2 Å². The van der Waals surface area contributed by atoms with Crippen LogP contribution in [-0.2, 0) is 5.75 Å². The van der Waals surface area contributed by atoms with Crippen LogP contribution in [0, 0.1) is 0 Å². The molecule has 1 aromatic carbocycles. The molecule has 0 bridgehead atoms. The minimum absolute atomic E-state index is 0.569. The molecule has 0 amide bonds. The third-order valence-electron chi connectivity index (χ3n) is 2.83. The molecule has 5 nitrogen and oxygen atoms in total. The Kier molecular flexibility index (Phi) is 8.01. The molecule has 0 spiro atoms. The van der Waals surface area contributed by atoms with E-state index in [1.54, 1.807) is 22.8 Å². The molecular formula is C14H18ClN5S3. The van der Waals surface area contributed by atoms with Gasteiger partial charge in [0.15, 0.2) is 5.11 Å². The molecule has 0 saturated heterocycles. The molecule has 0 unspecified atom stereocenters. The smallest absolute Gasteiger partial charge is 0.210 e. The molecule has 2 N–H and O–H groups in total. The Bertz CT molecular complexity index is 617. The first-order chi connectivity index (χ1) is 11.2. The van der Waals surface area contributed by atoms with Crippen LogP contribution in [-0.4, -0.2) is 38.5 Å². The van der Waals surface area contributed by atoms with Crippen molar-refractivity contribution >= 4 is 52.5 Å².